The number of carbonyl (C=O) groups is 1. The molecule has 9 heteroatoms. The Kier molecular flexibility index (Phi) is 8.29. The van der Waals surface area contributed by atoms with Crippen LogP contribution in [0.2, 0.25) is 0 Å². The van der Waals surface area contributed by atoms with Crippen molar-refractivity contribution in [2.75, 3.05) is 51.8 Å². The number of aromatic nitrogens is 2. The Balaban J connectivity index is 1.49. The molecule has 0 radical (unpaired) electrons. The van der Waals surface area contributed by atoms with Gasteiger partial charge in [0.1, 0.15) is 18.5 Å². The summed E-state index contributed by atoms with van der Waals surface area (Å²) in [6, 6.07) is 14.9. The van der Waals surface area contributed by atoms with Gasteiger partial charge in [0.15, 0.2) is 0 Å². The van der Waals surface area contributed by atoms with Gasteiger partial charge in [-0.15, -0.1) is 0 Å². The highest BCUT2D eigenvalue weighted by molar-refractivity contribution is 5.87. The van der Waals surface area contributed by atoms with E-state index in [0.29, 0.717) is 45.3 Å². The van der Waals surface area contributed by atoms with Crippen molar-refractivity contribution in [3.8, 4) is 6.01 Å². The van der Waals surface area contributed by atoms with Gasteiger partial charge in [-0.3, -0.25) is 4.79 Å². The summed E-state index contributed by atoms with van der Waals surface area (Å²) in [7, 11) is 4.03. The van der Waals surface area contributed by atoms with Crippen molar-refractivity contribution in [3.05, 3.63) is 83.4 Å². The van der Waals surface area contributed by atoms with Gasteiger partial charge >= 0.3 is 6.01 Å². The molecule has 0 bridgehead atoms. The smallest absolute Gasteiger partial charge is 0.318 e. The molecule has 0 N–H and O–H groups in total. The summed E-state index contributed by atoms with van der Waals surface area (Å²) in [5, 5.41) is 2.35. The van der Waals surface area contributed by atoms with Gasteiger partial charge < -0.3 is 29.0 Å². The summed E-state index contributed by atoms with van der Waals surface area (Å²) in [4.78, 5) is 31.8. The SMILES string of the molecule is [C-]#[N+]C[C@H]1CN(c2nc(OC[C@@H](C)N(C)C)nc3c2COC(c2cccc4ccccc24)C3)CCN1C(=O)C=C. The topological polar surface area (TPSA) is 75.4 Å². The van der Waals surface area contributed by atoms with Gasteiger partial charge in [-0.2, -0.15) is 9.97 Å². The second-order valence-electron chi connectivity index (χ2n) is 10.6. The number of carbonyl (C=O) groups excluding carboxylic acids is 1. The van der Waals surface area contributed by atoms with Crippen molar-refractivity contribution in [2.24, 2.45) is 0 Å². The number of piperazine rings is 1. The van der Waals surface area contributed by atoms with E-state index >= 15 is 0 Å². The van der Waals surface area contributed by atoms with Gasteiger partial charge in [0.25, 0.3) is 0 Å². The predicted octanol–water partition coefficient (Wildman–Crippen LogP) is 3.90. The Morgan fingerprint density at radius 2 is 2.05 bits per heavy atom. The normalized spacial score (nSPS) is 19.7. The number of rotatable bonds is 8. The first-order valence-corrected chi connectivity index (χ1v) is 13.7. The second kappa shape index (κ2) is 12.0. The predicted molar refractivity (Wildman–Crippen MR) is 155 cm³/mol. The number of fused-ring (bicyclic) bond motifs is 2. The third kappa shape index (κ3) is 5.64. The number of ether oxygens (including phenoxy) is 2. The molecule has 208 valence electrons. The fraction of sp³-hybridized carbons (Fsp3) is 0.419. The first-order chi connectivity index (χ1) is 19.4. The van der Waals surface area contributed by atoms with Crippen LogP contribution in [0, 0.1) is 6.57 Å². The lowest BCUT2D eigenvalue weighted by Gasteiger charge is -2.40. The molecule has 9 nitrogen and oxygen atoms in total. The number of nitrogens with zero attached hydrogens (tertiary/aromatic N) is 6. The first kappa shape index (κ1) is 27.6. The summed E-state index contributed by atoms with van der Waals surface area (Å²) in [6.45, 7) is 15.8. The van der Waals surface area contributed by atoms with Crippen LogP contribution in [0.1, 0.15) is 29.8 Å². The number of likely N-dealkylation sites (N-methyl/N-ethyl adjacent to an activating group) is 1. The van der Waals surface area contributed by atoms with Crippen LogP contribution < -0.4 is 9.64 Å². The summed E-state index contributed by atoms with van der Waals surface area (Å²) in [5.41, 5.74) is 2.99. The Morgan fingerprint density at radius 1 is 1.25 bits per heavy atom. The van der Waals surface area contributed by atoms with Crippen LogP contribution in [0.3, 0.4) is 0 Å². The van der Waals surface area contributed by atoms with Crippen LogP contribution in [0.5, 0.6) is 6.01 Å². The van der Waals surface area contributed by atoms with Gasteiger partial charge in [-0.05, 0) is 43.4 Å². The highest BCUT2D eigenvalue weighted by Crippen LogP contribution is 2.37. The molecule has 1 amide bonds. The molecule has 0 aliphatic carbocycles. The van der Waals surface area contributed by atoms with E-state index in [9.17, 15) is 4.79 Å². The average molecular weight is 541 g/mol. The molecule has 1 saturated heterocycles. The standard InChI is InChI=1S/C31H36N6O3/c1-6-29(38)37-15-14-36(18-23(37)17-32-3)30-26-20-39-28(25-13-9-11-22-10-7-8-12-24(22)25)16-27(26)33-31(34-30)40-19-21(2)35(4)5/h6-13,21,23,28H,1,14-20H2,2,4-5H3/t21-,23+,28?/m1/s1. The molecule has 2 aliphatic rings. The Bertz CT molecular complexity index is 1430. The molecule has 1 aromatic heterocycles. The number of anilines is 1. The van der Waals surface area contributed by atoms with E-state index in [4.69, 9.17) is 26.0 Å². The number of amides is 1. The van der Waals surface area contributed by atoms with Crippen LogP contribution in [-0.2, 0) is 22.6 Å². The van der Waals surface area contributed by atoms with E-state index in [2.05, 4.69) is 64.5 Å². The summed E-state index contributed by atoms with van der Waals surface area (Å²) in [5.74, 6) is 0.607. The molecule has 2 aromatic carbocycles. The minimum atomic E-state index is -0.256. The van der Waals surface area contributed by atoms with Crippen molar-refractivity contribution >= 4 is 22.5 Å². The maximum atomic E-state index is 12.5. The number of hydrogen-bond donors (Lipinski definition) is 0. The van der Waals surface area contributed by atoms with Gasteiger partial charge in [0.05, 0.1) is 18.4 Å². The third-order valence-corrected chi connectivity index (χ3v) is 7.91. The fourth-order valence-corrected chi connectivity index (χ4v) is 5.35. The zero-order valence-corrected chi connectivity index (χ0v) is 23.4. The zero-order chi connectivity index (χ0) is 28.2. The molecule has 3 heterocycles. The molecule has 5 rings (SSSR count). The van der Waals surface area contributed by atoms with E-state index in [1.165, 1.54) is 16.8 Å². The summed E-state index contributed by atoms with van der Waals surface area (Å²) < 4.78 is 12.6. The van der Waals surface area contributed by atoms with Crippen molar-refractivity contribution < 1.29 is 14.3 Å². The van der Waals surface area contributed by atoms with Crippen molar-refractivity contribution in [3.63, 3.8) is 0 Å². The van der Waals surface area contributed by atoms with E-state index < -0.39 is 0 Å². The second-order valence-corrected chi connectivity index (χ2v) is 10.6. The Morgan fingerprint density at radius 3 is 2.83 bits per heavy atom. The van der Waals surface area contributed by atoms with Crippen LogP contribution in [-0.4, -0.2) is 84.6 Å². The lowest BCUT2D eigenvalue weighted by atomic mass is 9.94. The molecule has 0 spiro atoms. The van der Waals surface area contributed by atoms with E-state index in [1.807, 2.05) is 20.2 Å². The Hall–Kier alpha value is -4.00. The van der Waals surface area contributed by atoms with Crippen LogP contribution in [0.15, 0.2) is 55.1 Å². The van der Waals surface area contributed by atoms with E-state index in [0.717, 1.165) is 22.6 Å². The molecule has 3 atom stereocenters. The van der Waals surface area contributed by atoms with Crippen molar-refractivity contribution in [1.82, 2.24) is 19.8 Å². The van der Waals surface area contributed by atoms with Crippen LogP contribution >= 0.6 is 0 Å². The van der Waals surface area contributed by atoms with E-state index in [-0.39, 0.29) is 30.6 Å². The quantitative estimate of drug-likeness (QED) is 0.317. The van der Waals surface area contributed by atoms with Crippen molar-refractivity contribution in [2.45, 2.75) is 38.1 Å². The van der Waals surface area contributed by atoms with Gasteiger partial charge in [0.2, 0.25) is 12.5 Å². The number of hydrogen-bond acceptors (Lipinski definition) is 7. The molecule has 1 fully saturated rings. The highest BCUT2D eigenvalue weighted by Gasteiger charge is 2.35. The first-order valence-electron chi connectivity index (χ1n) is 13.7. The highest BCUT2D eigenvalue weighted by atomic mass is 16.5. The third-order valence-electron chi connectivity index (χ3n) is 7.91. The molecule has 0 saturated carbocycles. The molecule has 2 aliphatic heterocycles. The molecular formula is C31H36N6O3. The minimum absolute atomic E-state index is 0.146. The van der Waals surface area contributed by atoms with Crippen LogP contribution in [0.25, 0.3) is 15.6 Å². The molecule has 1 unspecified atom stereocenters. The lowest BCUT2D eigenvalue weighted by Crippen LogP contribution is -2.56. The fourth-order valence-electron chi connectivity index (χ4n) is 5.35. The average Bonchev–Trinajstić information content (AvgIpc) is 2.98. The maximum Gasteiger partial charge on any atom is 0.318 e. The van der Waals surface area contributed by atoms with Crippen LogP contribution in [0.4, 0.5) is 5.82 Å². The largest absolute Gasteiger partial charge is 0.462 e. The minimum Gasteiger partial charge on any atom is -0.462 e. The maximum absolute atomic E-state index is 12.5. The van der Waals surface area contributed by atoms with Crippen molar-refractivity contribution in [1.29, 1.82) is 0 Å². The van der Waals surface area contributed by atoms with Gasteiger partial charge in [0, 0.05) is 37.7 Å². The monoisotopic (exact) mass is 540 g/mol. The number of benzene rings is 2. The van der Waals surface area contributed by atoms with Gasteiger partial charge in [-0.1, -0.05) is 49.0 Å². The summed E-state index contributed by atoms with van der Waals surface area (Å²) >= 11 is 0. The summed E-state index contributed by atoms with van der Waals surface area (Å²) in [6.07, 6.45) is 1.77. The zero-order valence-electron chi connectivity index (χ0n) is 23.4. The molecular weight excluding hydrogens is 504 g/mol. The molecule has 40 heavy (non-hydrogen) atoms. The molecule has 3 aromatic rings. The lowest BCUT2D eigenvalue weighted by molar-refractivity contribution is -0.128. The van der Waals surface area contributed by atoms with E-state index in [1.54, 1.807) is 4.90 Å². The van der Waals surface area contributed by atoms with Gasteiger partial charge in [-0.25, -0.2) is 6.57 Å². The Labute approximate surface area is 235 Å².